The van der Waals surface area contributed by atoms with E-state index in [0.717, 1.165) is 11.7 Å². The highest BCUT2D eigenvalue weighted by atomic mass is 32.1. The van der Waals surface area contributed by atoms with Gasteiger partial charge in [-0.25, -0.2) is 0 Å². The molecule has 24 heavy (non-hydrogen) atoms. The van der Waals surface area contributed by atoms with E-state index in [1.54, 1.807) is 5.56 Å². The van der Waals surface area contributed by atoms with Gasteiger partial charge >= 0.3 is 0 Å². The second-order valence-electron chi connectivity index (χ2n) is 7.33. The van der Waals surface area contributed by atoms with Crippen LogP contribution >= 0.6 is 12.2 Å². The first-order valence-electron chi connectivity index (χ1n) is 9.46. The number of aromatic nitrogens is 1. The van der Waals surface area contributed by atoms with Crippen LogP contribution in [-0.4, -0.2) is 16.1 Å². The summed E-state index contributed by atoms with van der Waals surface area (Å²) in [5.74, 6) is 0. The number of fused-ring (bicyclic) bond motifs is 3. The minimum absolute atomic E-state index is 0.568. The minimum Gasteiger partial charge on any atom is -0.360 e. The molecule has 0 spiro atoms. The summed E-state index contributed by atoms with van der Waals surface area (Å²) < 4.78 is 0. The van der Waals surface area contributed by atoms with Crippen molar-refractivity contribution >= 4 is 28.2 Å². The van der Waals surface area contributed by atoms with Gasteiger partial charge in [0.05, 0.1) is 0 Å². The smallest absolute Gasteiger partial charge is 0.166 e. The Kier molecular flexibility index (Phi) is 4.74. The summed E-state index contributed by atoms with van der Waals surface area (Å²) in [5, 5.41) is 9.09. The van der Waals surface area contributed by atoms with Gasteiger partial charge in [0.25, 0.3) is 0 Å². The zero-order valence-corrected chi connectivity index (χ0v) is 15.1. The molecule has 1 heterocycles. The van der Waals surface area contributed by atoms with Crippen LogP contribution in [0.1, 0.15) is 61.8 Å². The molecule has 2 aromatic rings. The van der Waals surface area contributed by atoms with Gasteiger partial charge in [0.1, 0.15) is 0 Å². The van der Waals surface area contributed by atoms with Gasteiger partial charge in [-0.1, -0.05) is 25.3 Å². The Morgan fingerprint density at radius 3 is 2.79 bits per heavy atom. The molecule has 1 fully saturated rings. The molecule has 0 atom stereocenters. The highest BCUT2D eigenvalue weighted by Crippen LogP contribution is 2.29. The summed E-state index contributed by atoms with van der Waals surface area (Å²) in [5.41, 5.74) is 5.59. The van der Waals surface area contributed by atoms with Crippen molar-refractivity contribution in [1.29, 1.82) is 0 Å². The van der Waals surface area contributed by atoms with Crippen LogP contribution in [0.25, 0.3) is 10.9 Å². The lowest BCUT2D eigenvalue weighted by atomic mass is 9.95. The van der Waals surface area contributed by atoms with Crippen LogP contribution in [0.5, 0.6) is 0 Å². The molecular weight excluding hydrogens is 314 g/mol. The lowest BCUT2D eigenvalue weighted by molar-refractivity contribution is 0.412. The number of hydrogen-bond acceptors (Lipinski definition) is 1. The zero-order chi connectivity index (χ0) is 16.4. The largest absolute Gasteiger partial charge is 0.360 e. The average molecular weight is 342 g/mol. The van der Waals surface area contributed by atoms with E-state index in [1.807, 2.05) is 0 Å². The van der Waals surface area contributed by atoms with Crippen LogP contribution in [0.3, 0.4) is 0 Å². The summed E-state index contributed by atoms with van der Waals surface area (Å²) in [6, 6.07) is 7.34. The van der Waals surface area contributed by atoms with Crippen LogP contribution in [0.15, 0.2) is 18.2 Å². The van der Waals surface area contributed by atoms with Gasteiger partial charge in [-0.3, -0.25) is 0 Å². The van der Waals surface area contributed by atoms with E-state index in [2.05, 4.69) is 33.8 Å². The number of rotatable bonds is 3. The molecule has 2 aliphatic carbocycles. The standard InChI is InChI=1S/C20H27N3S/c24-20(22-15-6-2-1-3-7-15)21-13-14-10-11-19-17(12-14)16-8-4-5-9-18(16)23-19/h10-12,15,23H,1-9,13H2,(H2,21,22,24). The topological polar surface area (TPSA) is 39.9 Å². The quantitative estimate of drug-likeness (QED) is 0.727. The maximum Gasteiger partial charge on any atom is 0.166 e. The normalized spacial score (nSPS) is 18.3. The van der Waals surface area contributed by atoms with E-state index >= 15 is 0 Å². The molecule has 0 radical (unpaired) electrons. The maximum atomic E-state index is 5.48. The predicted molar refractivity (Wildman–Crippen MR) is 104 cm³/mol. The molecule has 2 aliphatic rings. The molecule has 0 amide bonds. The van der Waals surface area contributed by atoms with E-state index < -0.39 is 0 Å². The number of aryl methyl sites for hydroxylation is 2. The number of nitrogens with one attached hydrogen (secondary N) is 3. The van der Waals surface area contributed by atoms with E-state index in [0.29, 0.717) is 6.04 Å². The van der Waals surface area contributed by atoms with Gasteiger partial charge in [-0.2, -0.15) is 0 Å². The Morgan fingerprint density at radius 2 is 1.92 bits per heavy atom. The summed E-state index contributed by atoms with van der Waals surface area (Å²) in [6.07, 6.45) is 11.6. The Hall–Kier alpha value is -1.55. The van der Waals surface area contributed by atoms with Crippen LogP contribution in [0.2, 0.25) is 0 Å². The molecule has 1 saturated carbocycles. The van der Waals surface area contributed by atoms with Crippen LogP contribution in [0.4, 0.5) is 0 Å². The second-order valence-corrected chi connectivity index (χ2v) is 7.74. The van der Waals surface area contributed by atoms with Crippen molar-refractivity contribution in [2.24, 2.45) is 0 Å². The van der Waals surface area contributed by atoms with Crippen molar-refractivity contribution in [3.8, 4) is 0 Å². The minimum atomic E-state index is 0.568. The van der Waals surface area contributed by atoms with Crippen molar-refractivity contribution in [3.63, 3.8) is 0 Å². The molecule has 1 aromatic heterocycles. The Bertz CT molecular complexity index is 728. The van der Waals surface area contributed by atoms with Crippen molar-refractivity contribution in [2.45, 2.75) is 70.4 Å². The number of benzene rings is 1. The molecule has 0 aliphatic heterocycles. The Balaban J connectivity index is 1.40. The van der Waals surface area contributed by atoms with E-state index in [1.165, 1.54) is 79.9 Å². The van der Waals surface area contributed by atoms with E-state index in [-0.39, 0.29) is 0 Å². The molecule has 0 saturated heterocycles. The lowest BCUT2D eigenvalue weighted by Crippen LogP contribution is -2.42. The monoisotopic (exact) mass is 341 g/mol. The van der Waals surface area contributed by atoms with Gasteiger partial charge in [0.15, 0.2) is 5.11 Å². The van der Waals surface area contributed by atoms with Crippen LogP contribution in [-0.2, 0) is 19.4 Å². The SMILES string of the molecule is S=C(NCc1ccc2[nH]c3c(c2c1)CCCC3)NC1CCCCC1. The predicted octanol–water partition coefficient (Wildman–Crippen LogP) is 4.34. The lowest BCUT2D eigenvalue weighted by Gasteiger charge is -2.24. The maximum absolute atomic E-state index is 5.48. The first kappa shape index (κ1) is 15.9. The fourth-order valence-electron chi connectivity index (χ4n) is 4.23. The van der Waals surface area contributed by atoms with Gasteiger partial charge in [0.2, 0.25) is 0 Å². The third-order valence-electron chi connectivity index (χ3n) is 5.56. The number of H-pyrrole nitrogens is 1. The van der Waals surface area contributed by atoms with Crippen molar-refractivity contribution in [2.75, 3.05) is 0 Å². The fraction of sp³-hybridized carbons (Fsp3) is 0.550. The fourth-order valence-corrected chi connectivity index (χ4v) is 4.47. The third-order valence-corrected chi connectivity index (χ3v) is 5.82. The average Bonchev–Trinajstić information content (AvgIpc) is 2.99. The van der Waals surface area contributed by atoms with Crippen molar-refractivity contribution in [1.82, 2.24) is 15.6 Å². The molecule has 3 N–H and O–H groups in total. The molecular formula is C20H27N3S. The Labute approximate surface area is 149 Å². The third kappa shape index (κ3) is 3.44. The zero-order valence-electron chi connectivity index (χ0n) is 14.3. The number of aromatic amines is 1. The van der Waals surface area contributed by atoms with E-state index in [4.69, 9.17) is 12.2 Å². The van der Waals surface area contributed by atoms with Crippen LogP contribution < -0.4 is 10.6 Å². The second kappa shape index (κ2) is 7.14. The van der Waals surface area contributed by atoms with Crippen LogP contribution in [0, 0.1) is 0 Å². The first-order valence-corrected chi connectivity index (χ1v) is 9.87. The van der Waals surface area contributed by atoms with Crippen molar-refractivity contribution in [3.05, 3.63) is 35.0 Å². The van der Waals surface area contributed by atoms with Gasteiger partial charge in [-0.05, 0) is 74.0 Å². The van der Waals surface area contributed by atoms with Gasteiger partial charge < -0.3 is 15.6 Å². The van der Waals surface area contributed by atoms with Crippen molar-refractivity contribution < 1.29 is 0 Å². The summed E-state index contributed by atoms with van der Waals surface area (Å²) >= 11 is 5.48. The molecule has 128 valence electrons. The molecule has 3 nitrogen and oxygen atoms in total. The summed E-state index contributed by atoms with van der Waals surface area (Å²) in [4.78, 5) is 3.60. The molecule has 0 bridgehead atoms. The number of thiocarbonyl (C=S) groups is 1. The first-order chi connectivity index (χ1) is 11.8. The number of hydrogen-bond donors (Lipinski definition) is 3. The summed E-state index contributed by atoms with van der Waals surface area (Å²) in [7, 11) is 0. The highest BCUT2D eigenvalue weighted by molar-refractivity contribution is 7.80. The Morgan fingerprint density at radius 1 is 1.08 bits per heavy atom. The van der Waals surface area contributed by atoms with Gasteiger partial charge in [-0.15, -0.1) is 0 Å². The molecule has 1 aromatic carbocycles. The highest BCUT2D eigenvalue weighted by Gasteiger charge is 2.16. The molecule has 4 rings (SSSR count). The summed E-state index contributed by atoms with van der Waals surface area (Å²) in [6.45, 7) is 0.800. The van der Waals surface area contributed by atoms with Gasteiger partial charge in [0, 0.05) is 29.2 Å². The molecule has 0 unspecified atom stereocenters. The van der Waals surface area contributed by atoms with E-state index in [9.17, 15) is 0 Å². The molecule has 4 heteroatoms.